The molecule has 54 heavy (non-hydrogen) atoms. The van der Waals surface area contributed by atoms with E-state index in [-0.39, 0.29) is 6.42 Å². The third kappa shape index (κ3) is 24.0. The first kappa shape index (κ1) is 50.3. The van der Waals surface area contributed by atoms with Gasteiger partial charge in [0.2, 0.25) is 5.91 Å². The molecule has 0 saturated carbocycles. The van der Waals surface area contributed by atoms with Gasteiger partial charge in [-0.25, -0.2) is 4.18 Å². The van der Waals surface area contributed by atoms with Gasteiger partial charge in [0.15, 0.2) is 6.29 Å². The second-order valence-electron chi connectivity index (χ2n) is 14.4. The first-order valence-corrected chi connectivity index (χ1v) is 21.8. The molecule has 0 aromatic rings. The van der Waals surface area contributed by atoms with E-state index in [1.54, 1.807) is 6.08 Å². The zero-order chi connectivity index (χ0) is 40.0. The van der Waals surface area contributed by atoms with Gasteiger partial charge in [-0.3, -0.25) is 9.35 Å². The van der Waals surface area contributed by atoms with E-state index < -0.39 is 78.5 Å². The molecule has 13 nitrogen and oxygen atoms in total. The van der Waals surface area contributed by atoms with Crippen molar-refractivity contribution in [2.24, 2.45) is 0 Å². The number of hydrogen-bond donors (Lipinski definition) is 7. The molecular formula is C40H73NO12S. The molecule has 1 fully saturated rings. The topological polar surface area (TPSA) is 212 Å². The summed E-state index contributed by atoms with van der Waals surface area (Å²) in [6, 6.07) is -1.12. The van der Waals surface area contributed by atoms with Crippen molar-refractivity contribution in [1.82, 2.24) is 5.32 Å². The van der Waals surface area contributed by atoms with Crippen molar-refractivity contribution < 1.29 is 57.0 Å². The van der Waals surface area contributed by atoms with Crippen LogP contribution in [-0.2, 0) is 28.9 Å². The van der Waals surface area contributed by atoms with Gasteiger partial charge in [-0.15, -0.1) is 0 Å². The monoisotopic (exact) mass is 791 g/mol. The van der Waals surface area contributed by atoms with Crippen LogP contribution in [-0.4, -0.2) is 107 Å². The third-order valence-electron chi connectivity index (χ3n) is 9.52. The minimum atomic E-state index is -5.11. The Balaban J connectivity index is 2.63. The first-order chi connectivity index (χ1) is 25.9. The van der Waals surface area contributed by atoms with Crippen molar-refractivity contribution in [3.05, 3.63) is 36.5 Å². The molecule has 316 valence electrons. The van der Waals surface area contributed by atoms with E-state index in [4.69, 9.17) is 14.0 Å². The van der Waals surface area contributed by atoms with Crippen LogP contribution in [0.1, 0.15) is 149 Å². The third-order valence-corrected chi connectivity index (χ3v) is 9.99. The van der Waals surface area contributed by atoms with Crippen molar-refractivity contribution in [3.8, 4) is 0 Å². The second-order valence-corrected chi connectivity index (χ2v) is 15.4. The number of hydrogen-bond acceptors (Lipinski definition) is 11. The summed E-state index contributed by atoms with van der Waals surface area (Å²) in [5, 5.41) is 54.8. The second kappa shape index (κ2) is 31.4. The van der Waals surface area contributed by atoms with Crippen LogP contribution in [0.15, 0.2) is 36.5 Å². The van der Waals surface area contributed by atoms with Gasteiger partial charge in [-0.2, -0.15) is 8.42 Å². The highest BCUT2D eigenvalue weighted by Crippen LogP contribution is 2.26. The SMILES string of the molecule is CCCCC/C=C\C/C=C\CCCCCCCCC(O)C(=O)NC(COC1OC(CO)C(O)C(OS(=O)(=O)O)C1O)C(O)/C=C/CCCCCCCCC. The van der Waals surface area contributed by atoms with E-state index in [1.807, 2.05) is 0 Å². The Morgan fingerprint density at radius 2 is 1.28 bits per heavy atom. The molecule has 0 aromatic carbocycles. The molecule has 8 atom stereocenters. The molecule has 1 saturated heterocycles. The van der Waals surface area contributed by atoms with Crippen molar-refractivity contribution in [2.45, 2.75) is 198 Å². The van der Waals surface area contributed by atoms with Gasteiger partial charge in [0.1, 0.15) is 30.5 Å². The molecule has 0 aromatic heterocycles. The van der Waals surface area contributed by atoms with E-state index in [1.165, 1.54) is 51.0 Å². The zero-order valence-electron chi connectivity index (χ0n) is 32.9. The summed E-state index contributed by atoms with van der Waals surface area (Å²) < 4.78 is 47.2. The number of ether oxygens (including phenoxy) is 2. The molecule has 0 bridgehead atoms. The molecule has 14 heteroatoms. The molecule has 1 heterocycles. The maximum atomic E-state index is 13.0. The summed E-state index contributed by atoms with van der Waals surface area (Å²) in [7, 11) is -5.11. The molecule has 0 radical (unpaired) electrons. The van der Waals surface area contributed by atoms with Gasteiger partial charge in [-0.1, -0.05) is 134 Å². The van der Waals surface area contributed by atoms with Crippen molar-refractivity contribution >= 4 is 16.3 Å². The Labute approximate surface area is 325 Å². The Morgan fingerprint density at radius 3 is 1.85 bits per heavy atom. The highest BCUT2D eigenvalue weighted by Gasteiger charge is 2.48. The molecule has 1 aliphatic rings. The number of allylic oxidation sites excluding steroid dienone is 5. The highest BCUT2D eigenvalue weighted by molar-refractivity contribution is 7.80. The number of aliphatic hydroxyl groups excluding tert-OH is 5. The minimum Gasteiger partial charge on any atom is -0.394 e. The number of carbonyl (C=O) groups is 1. The fraction of sp³-hybridized carbons (Fsp3) is 0.825. The van der Waals surface area contributed by atoms with E-state index in [0.717, 1.165) is 70.6 Å². The fourth-order valence-corrected chi connectivity index (χ4v) is 6.70. The summed E-state index contributed by atoms with van der Waals surface area (Å²) in [5.41, 5.74) is 0. The van der Waals surface area contributed by atoms with Gasteiger partial charge < -0.3 is 40.3 Å². The van der Waals surface area contributed by atoms with Crippen LogP contribution in [0.25, 0.3) is 0 Å². The lowest BCUT2D eigenvalue weighted by molar-refractivity contribution is -0.298. The summed E-state index contributed by atoms with van der Waals surface area (Å²) in [4.78, 5) is 13.0. The maximum absolute atomic E-state index is 13.0. The predicted octanol–water partition coefficient (Wildman–Crippen LogP) is 5.74. The lowest BCUT2D eigenvalue weighted by atomic mass is 9.99. The lowest BCUT2D eigenvalue weighted by Gasteiger charge is -2.41. The first-order valence-electron chi connectivity index (χ1n) is 20.5. The molecule has 1 amide bonds. The summed E-state index contributed by atoms with van der Waals surface area (Å²) in [6.45, 7) is 3.11. The van der Waals surface area contributed by atoms with Gasteiger partial charge in [-0.05, 0) is 51.4 Å². The Morgan fingerprint density at radius 1 is 0.759 bits per heavy atom. The fourth-order valence-electron chi connectivity index (χ4n) is 6.19. The molecule has 8 unspecified atom stereocenters. The van der Waals surface area contributed by atoms with Crippen molar-refractivity contribution in [3.63, 3.8) is 0 Å². The van der Waals surface area contributed by atoms with Crippen LogP contribution in [0, 0.1) is 0 Å². The number of nitrogens with one attached hydrogen (secondary N) is 1. The standard InChI is InChI=1S/C40H73NO12S/c1-3-5-7-9-11-13-14-15-16-17-18-19-21-23-25-27-29-34(44)39(47)41-32(33(43)28-26-24-22-20-12-10-8-6-4-2)31-51-40-37(46)38(53-54(48,49)50)36(45)35(30-42)52-40/h11,13,15-16,26,28,32-38,40,42-46H,3-10,12,14,17-25,27,29-31H2,1-2H3,(H,41,47)(H,48,49,50)/b13-11-,16-15-,28-26+. The summed E-state index contributed by atoms with van der Waals surface area (Å²) in [6.07, 6.45) is 22.5. The van der Waals surface area contributed by atoms with Crippen LogP contribution < -0.4 is 5.32 Å². The van der Waals surface area contributed by atoms with Crippen LogP contribution in [0.4, 0.5) is 0 Å². The number of carbonyl (C=O) groups excluding carboxylic acids is 1. The predicted molar refractivity (Wildman–Crippen MR) is 210 cm³/mol. The number of amides is 1. The van der Waals surface area contributed by atoms with Crippen LogP contribution in [0.5, 0.6) is 0 Å². The van der Waals surface area contributed by atoms with Gasteiger partial charge in [0.05, 0.1) is 25.4 Å². The average molecular weight is 792 g/mol. The average Bonchev–Trinajstić information content (AvgIpc) is 3.14. The van der Waals surface area contributed by atoms with E-state index >= 15 is 0 Å². The molecular weight excluding hydrogens is 719 g/mol. The normalized spacial score (nSPS) is 22.7. The van der Waals surface area contributed by atoms with Crippen LogP contribution in [0.2, 0.25) is 0 Å². The number of aliphatic hydroxyl groups is 5. The largest absolute Gasteiger partial charge is 0.397 e. The Hall–Kier alpha value is -1.72. The zero-order valence-corrected chi connectivity index (χ0v) is 33.7. The number of rotatable bonds is 33. The van der Waals surface area contributed by atoms with Gasteiger partial charge in [0, 0.05) is 0 Å². The summed E-state index contributed by atoms with van der Waals surface area (Å²) in [5.74, 6) is -0.716. The van der Waals surface area contributed by atoms with Crippen molar-refractivity contribution in [2.75, 3.05) is 13.2 Å². The molecule has 1 rings (SSSR count). The molecule has 0 spiro atoms. The Kier molecular flexibility index (Phi) is 29.2. The van der Waals surface area contributed by atoms with Crippen LogP contribution >= 0.6 is 0 Å². The van der Waals surface area contributed by atoms with Gasteiger partial charge >= 0.3 is 10.4 Å². The minimum absolute atomic E-state index is 0.230. The lowest BCUT2D eigenvalue weighted by Crippen LogP contribution is -2.61. The number of unbranched alkanes of at least 4 members (excludes halogenated alkanes) is 16. The maximum Gasteiger partial charge on any atom is 0.397 e. The molecule has 1 aliphatic heterocycles. The Bertz CT molecular complexity index is 1130. The molecule has 7 N–H and O–H groups in total. The van der Waals surface area contributed by atoms with E-state index in [0.29, 0.717) is 12.8 Å². The molecule has 0 aliphatic carbocycles. The van der Waals surface area contributed by atoms with E-state index in [2.05, 4.69) is 47.7 Å². The summed E-state index contributed by atoms with van der Waals surface area (Å²) >= 11 is 0. The van der Waals surface area contributed by atoms with Crippen LogP contribution in [0.3, 0.4) is 0 Å². The van der Waals surface area contributed by atoms with Gasteiger partial charge in [0.25, 0.3) is 0 Å². The van der Waals surface area contributed by atoms with Crippen molar-refractivity contribution in [1.29, 1.82) is 0 Å². The van der Waals surface area contributed by atoms with E-state index in [9.17, 15) is 38.7 Å². The smallest absolute Gasteiger partial charge is 0.394 e. The highest BCUT2D eigenvalue weighted by atomic mass is 32.3. The quantitative estimate of drug-likeness (QED) is 0.0241.